The highest BCUT2D eigenvalue weighted by Gasteiger charge is 2.23. The van der Waals surface area contributed by atoms with Crippen LogP contribution in [-0.2, 0) is 24.3 Å². The quantitative estimate of drug-likeness (QED) is 0.315. The van der Waals surface area contributed by atoms with Gasteiger partial charge in [-0.2, -0.15) is 5.10 Å². The first kappa shape index (κ1) is 24.9. The number of aromatic nitrogens is 3. The second-order valence-corrected chi connectivity index (χ2v) is 9.68. The first-order chi connectivity index (χ1) is 18.2. The molecule has 8 heteroatoms. The molecule has 0 atom stereocenters. The molecule has 4 aromatic rings. The van der Waals surface area contributed by atoms with Gasteiger partial charge in [0, 0.05) is 43.3 Å². The number of fused-ring (bicyclic) bond motifs is 1. The second kappa shape index (κ2) is 12.0. The van der Waals surface area contributed by atoms with Crippen molar-refractivity contribution in [1.82, 2.24) is 25.0 Å². The largest absolute Gasteiger partial charge is 0.468 e. The summed E-state index contributed by atoms with van der Waals surface area (Å²) in [6, 6.07) is 15.8. The molecule has 3 aromatic heterocycles. The number of benzene rings is 1. The van der Waals surface area contributed by atoms with Crippen LogP contribution in [0, 0.1) is 0 Å². The van der Waals surface area contributed by atoms with Crippen LogP contribution in [0.3, 0.4) is 0 Å². The second-order valence-electron chi connectivity index (χ2n) is 9.68. The van der Waals surface area contributed by atoms with Gasteiger partial charge < -0.3 is 9.73 Å². The molecule has 3 heterocycles. The predicted octanol–water partition coefficient (Wildman–Crippen LogP) is 3.93. The Morgan fingerprint density at radius 3 is 2.59 bits per heavy atom. The van der Waals surface area contributed by atoms with Crippen LogP contribution < -0.4 is 10.9 Å². The zero-order chi connectivity index (χ0) is 25.5. The lowest BCUT2D eigenvalue weighted by molar-refractivity contribution is -0.121. The van der Waals surface area contributed by atoms with Gasteiger partial charge in [0.25, 0.3) is 5.56 Å². The summed E-state index contributed by atoms with van der Waals surface area (Å²) < 4.78 is 6.86. The van der Waals surface area contributed by atoms with E-state index in [1.807, 2.05) is 42.5 Å². The summed E-state index contributed by atoms with van der Waals surface area (Å²) in [7, 11) is 0. The minimum absolute atomic E-state index is 0.105. The monoisotopic (exact) mass is 499 g/mol. The summed E-state index contributed by atoms with van der Waals surface area (Å²) in [5, 5.41) is 8.95. The van der Waals surface area contributed by atoms with Crippen molar-refractivity contribution in [2.45, 2.75) is 57.7 Å². The van der Waals surface area contributed by atoms with Gasteiger partial charge in [-0.25, -0.2) is 4.68 Å². The van der Waals surface area contributed by atoms with Crippen LogP contribution in [0.15, 0.2) is 76.4 Å². The van der Waals surface area contributed by atoms with Crippen molar-refractivity contribution >= 4 is 16.7 Å². The predicted molar refractivity (Wildman–Crippen MR) is 142 cm³/mol. The number of amides is 1. The SMILES string of the molecule is O=C(Cn1nc(Cc2ccncc2)c2ccccc2c1=O)NCCCN(Cc1ccco1)C1CCCC1. The molecule has 1 aliphatic rings. The van der Waals surface area contributed by atoms with E-state index in [0.29, 0.717) is 24.4 Å². The number of nitrogens with zero attached hydrogens (tertiary/aromatic N) is 4. The Morgan fingerprint density at radius 1 is 1.05 bits per heavy atom. The molecule has 1 fully saturated rings. The van der Waals surface area contributed by atoms with Gasteiger partial charge in [0.2, 0.25) is 5.91 Å². The molecule has 1 aromatic carbocycles. The van der Waals surface area contributed by atoms with Gasteiger partial charge >= 0.3 is 0 Å². The fourth-order valence-corrected chi connectivity index (χ4v) is 5.20. The summed E-state index contributed by atoms with van der Waals surface area (Å²) in [5.74, 6) is 0.762. The van der Waals surface area contributed by atoms with Crippen molar-refractivity contribution in [1.29, 1.82) is 0 Å². The lowest BCUT2D eigenvalue weighted by atomic mass is 10.1. The van der Waals surface area contributed by atoms with Crippen molar-refractivity contribution in [3.63, 3.8) is 0 Å². The Hall–Kier alpha value is -3.78. The molecule has 1 saturated carbocycles. The average Bonchev–Trinajstić information content (AvgIpc) is 3.64. The molecule has 5 rings (SSSR count). The molecular weight excluding hydrogens is 466 g/mol. The molecule has 0 aliphatic heterocycles. The van der Waals surface area contributed by atoms with E-state index < -0.39 is 0 Å². The maximum absolute atomic E-state index is 13.1. The van der Waals surface area contributed by atoms with E-state index >= 15 is 0 Å². The number of rotatable bonds is 11. The molecular formula is C29H33N5O3. The highest BCUT2D eigenvalue weighted by molar-refractivity contribution is 5.84. The van der Waals surface area contributed by atoms with Crippen molar-refractivity contribution in [2.24, 2.45) is 0 Å². The summed E-state index contributed by atoms with van der Waals surface area (Å²) >= 11 is 0. The van der Waals surface area contributed by atoms with Crippen LogP contribution >= 0.6 is 0 Å². The number of carbonyl (C=O) groups excluding carboxylic acids is 1. The first-order valence-electron chi connectivity index (χ1n) is 13.1. The Kier molecular flexibility index (Phi) is 8.05. The smallest absolute Gasteiger partial charge is 0.275 e. The van der Waals surface area contributed by atoms with Crippen LogP contribution in [0.2, 0.25) is 0 Å². The van der Waals surface area contributed by atoms with E-state index in [1.165, 1.54) is 30.4 Å². The van der Waals surface area contributed by atoms with Gasteiger partial charge in [0.05, 0.1) is 23.9 Å². The summed E-state index contributed by atoms with van der Waals surface area (Å²) in [6.45, 7) is 2.12. The summed E-state index contributed by atoms with van der Waals surface area (Å²) in [4.78, 5) is 32.4. The Bertz CT molecular complexity index is 1360. The van der Waals surface area contributed by atoms with E-state index in [9.17, 15) is 9.59 Å². The molecule has 0 unspecified atom stereocenters. The van der Waals surface area contributed by atoms with Gasteiger partial charge in [-0.15, -0.1) is 0 Å². The zero-order valence-corrected chi connectivity index (χ0v) is 21.0. The third kappa shape index (κ3) is 6.32. The third-order valence-electron chi connectivity index (χ3n) is 7.08. The molecule has 0 spiro atoms. The molecule has 1 aliphatic carbocycles. The van der Waals surface area contributed by atoms with Crippen LogP contribution in [0.5, 0.6) is 0 Å². The van der Waals surface area contributed by atoms with E-state index in [2.05, 4.69) is 20.3 Å². The molecule has 1 N–H and O–H groups in total. The van der Waals surface area contributed by atoms with Crippen LogP contribution in [0.4, 0.5) is 0 Å². The van der Waals surface area contributed by atoms with Gasteiger partial charge in [0.15, 0.2) is 0 Å². The topological polar surface area (TPSA) is 93.3 Å². The third-order valence-corrected chi connectivity index (χ3v) is 7.08. The van der Waals surface area contributed by atoms with Crippen molar-refractivity contribution in [3.05, 3.63) is 94.6 Å². The first-order valence-corrected chi connectivity index (χ1v) is 13.1. The number of pyridine rings is 1. The molecule has 1 amide bonds. The normalized spacial score (nSPS) is 14.0. The van der Waals surface area contributed by atoms with Crippen molar-refractivity contribution in [2.75, 3.05) is 13.1 Å². The Balaban J connectivity index is 1.21. The van der Waals surface area contributed by atoms with E-state index in [4.69, 9.17) is 4.42 Å². The van der Waals surface area contributed by atoms with Crippen LogP contribution in [-0.4, -0.2) is 44.7 Å². The fraction of sp³-hybridized carbons (Fsp3) is 0.379. The number of hydrogen-bond acceptors (Lipinski definition) is 6. The van der Waals surface area contributed by atoms with Crippen LogP contribution in [0.25, 0.3) is 10.8 Å². The van der Waals surface area contributed by atoms with E-state index in [-0.39, 0.29) is 18.0 Å². The molecule has 37 heavy (non-hydrogen) atoms. The number of furan rings is 1. The highest BCUT2D eigenvalue weighted by atomic mass is 16.3. The lowest BCUT2D eigenvalue weighted by Gasteiger charge is -2.28. The van der Waals surface area contributed by atoms with Gasteiger partial charge in [0.1, 0.15) is 12.3 Å². The summed E-state index contributed by atoms with van der Waals surface area (Å²) in [6.07, 6.45) is 11.5. The van der Waals surface area contributed by atoms with Gasteiger partial charge in [-0.3, -0.25) is 19.5 Å². The number of nitrogens with one attached hydrogen (secondary N) is 1. The molecule has 0 radical (unpaired) electrons. The fourth-order valence-electron chi connectivity index (χ4n) is 5.20. The highest BCUT2D eigenvalue weighted by Crippen LogP contribution is 2.25. The minimum Gasteiger partial charge on any atom is -0.468 e. The molecule has 8 nitrogen and oxygen atoms in total. The number of hydrogen-bond donors (Lipinski definition) is 1. The maximum Gasteiger partial charge on any atom is 0.275 e. The van der Waals surface area contributed by atoms with Crippen LogP contribution in [0.1, 0.15) is 49.1 Å². The standard InChI is InChI=1S/C29H33N5O3/c35-28(31-14-6-17-33(23-7-1-2-8-23)20-24-9-5-18-37-24)21-34-29(36)26-11-4-3-10-25(26)27(32-34)19-22-12-15-30-16-13-22/h3-5,9-13,15-16,18,23H,1-2,6-8,14,17,19-21H2,(H,31,35). The maximum atomic E-state index is 13.1. The summed E-state index contributed by atoms with van der Waals surface area (Å²) in [5.41, 5.74) is 1.55. The number of carbonyl (C=O) groups is 1. The Labute approximate surface area is 216 Å². The minimum atomic E-state index is -0.255. The molecule has 192 valence electrons. The average molecular weight is 500 g/mol. The lowest BCUT2D eigenvalue weighted by Crippen LogP contribution is -2.37. The van der Waals surface area contributed by atoms with Crippen molar-refractivity contribution in [3.8, 4) is 0 Å². The molecule has 0 bridgehead atoms. The van der Waals surface area contributed by atoms with E-state index in [1.54, 1.807) is 24.7 Å². The van der Waals surface area contributed by atoms with E-state index in [0.717, 1.165) is 41.9 Å². The zero-order valence-electron chi connectivity index (χ0n) is 21.0. The van der Waals surface area contributed by atoms with Gasteiger partial charge in [-0.05, 0) is 55.2 Å². The van der Waals surface area contributed by atoms with Gasteiger partial charge in [-0.1, -0.05) is 31.0 Å². The Morgan fingerprint density at radius 2 is 1.84 bits per heavy atom. The molecule has 0 saturated heterocycles. The van der Waals surface area contributed by atoms with Crippen molar-refractivity contribution < 1.29 is 9.21 Å².